The van der Waals surface area contributed by atoms with Gasteiger partial charge >= 0.3 is 0 Å². The monoisotopic (exact) mass is 252 g/mol. The highest BCUT2D eigenvalue weighted by molar-refractivity contribution is 7.89. The fraction of sp³-hybridized carbons (Fsp3) is 0.200. The van der Waals surface area contributed by atoms with Crippen LogP contribution in [0.3, 0.4) is 0 Å². The molecule has 2 N–H and O–H groups in total. The van der Waals surface area contributed by atoms with Gasteiger partial charge in [0.2, 0.25) is 0 Å². The average Bonchev–Trinajstić information content (AvgIpc) is 2.84. The van der Waals surface area contributed by atoms with Gasteiger partial charge in [0, 0.05) is 6.20 Å². The molecule has 0 fully saturated rings. The maximum absolute atomic E-state index is 11.9. The lowest BCUT2D eigenvalue weighted by Gasteiger charge is -2.12. The van der Waals surface area contributed by atoms with Crippen LogP contribution in [0.15, 0.2) is 41.7 Å². The van der Waals surface area contributed by atoms with Crippen LogP contribution in [0.25, 0.3) is 0 Å². The topological polar surface area (TPSA) is 87.7 Å². The van der Waals surface area contributed by atoms with Crippen molar-refractivity contribution >= 4 is 10.0 Å². The van der Waals surface area contributed by atoms with Crippen molar-refractivity contribution in [2.45, 2.75) is 18.0 Å². The fourth-order valence-electron chi connectivity index (χ4n) is 1.38. The van der Waals surface area contributed by atoms with Crippen molar-refractivity contribution in [3.63, 3.8) is 0 Å². The second-order valence-electron chi connectivity index (χ2n) is 3.52. The molecule has 0 saturated heterocycles. The number of nitrogens with zero attached hydrogens (tertiary/aromatic N) is 2. The summed E-state index contributed by atoms with van der Waals surface area (Å²) >= 11 is 0. The van der Waals surface area contributed by atoms with E-state index in [4.69, 9.17) is 0 Å². The molecule has 0 aliphatic rings. The first kappa shape index (κ1) is 11.7. The molecule has 0 aromatic carbocycles. The number of rotatable bonds is 4. The van der Waals surface area contributed by atoms with E-state index in [9.17, 15) is 8.42 Å². The molecule has 2 aromatic rings. The summed E-state index contributed by atoms with van der Waals surface area (Å²) < 4.78 is 26.2. The number of hydrogen-bond acceptors (Lipinski definition) is 4. The molecular weight excluding hydrogens is 240 g/mol. The molecule has 0 aliphatic heterocycles. The maximum atomic E-state index is 11.9. The molecule has 2 aromatic heterocycles. The lowest BCUT2D eigenvalue weighted by atomic mass is 10.2. The van der Waals surface area contributed by atoms with E-state index >= 15 is 0 Å². The Morgan fingerprint density at radius 2 is 2.12 bits per heavy atom. The molecule has 0 spiro atoms. The Morgan fingerprint density at radius 3 is 2.71 bits per heavy atom. The third-order valence-electron chi connectivity index (χ3n) is 2.23. The van der Waals surface area contributed by atoms with Crippen LogP contribution in [0.1, 0.15) is 18.7 Å². The zero-order valence-corrected chi connectivity index (χ0v) is 9.98. The Bertz CT molecular complexity index is 566. The van der Waals surface area contributed by atoms with Crippen molar-refractivity contribution in [3.8, 4) is 0 Å². The summed E-state index contributed by atoms with van der Waals surface area (Å²) in [5.74, 6) is 0. The predicted molar refractivity (Wildman–Crippen MR) is 61.6 cm³/mol. The van der Waals surface area contributed by atoms with Crippen LogP contribution in [0.2, 0.25) is 0 Å². The summed E-state index contributed by atoms with van der Waals surface area (Å²) in [4.78, 5) is 4.09. The van der Waals surface area contributed by atoms with E-state index in [1.54, 1.807) is 25.3 Å². The van der Waals surface area contributed by atoms with Crippen LogP contribution < -0.4 is 4.72 Å². The van der Waals surface area contributed by atoms with Gasteiger partial charge in [-0.1, -0.05) is 6.07 Å². The molecule has 2 rings (SSSR count). The zero-order valence-electron chi connectivity index (χ0n) is 9.16. The number of aromatic amines is 1. The number of aromatic nitrogens is 3. The van der Waals surface area contributed by atoms with Gasteiger partial charge in [0.1, 0.15) is 0 Å². The van der Waals surface area contributed by atoms with E-state index in [0.717, 1.165) is 0 Å². The first-order chi connectivity index (χ1) is 8.09. The molecular formula is C10H12N4O2S. The number of sulfonamides is 1. The van der Waals surface area contributed by atoms with Crippen molar-refractivity contribution in [1.29, 1.82) is 0 Å². The molecule has 1 unspecified atom stereocenters. The Balaban J connectivity index is 2.17. The smallest absolute Gasteiger partial charge is 0.258 e. The van der Waals surface area contributed by atoms with Gasteiger partial charge in [-0.2, -0.15) is 5.10 Å². The minimum absolute atomic E-state index is 0.0419. The highest BCUT2D eigenvalue weighted by Crippen LogP contribution is 2.12. The molecule has 17 heavy (non-hydrogen) atoms. The molecule has 1 atom stereocenters. The standard InChI is InChI=1S/C10H12N4O2S/c1-8(9-4-2-3-6-11-9)14-17(15,16)10-5-7-12-13-10/h2-8,14H,1H3,(H,12,13). The number of pyridine rings is 1. The predicted octanol–water partition coefficient (Wildman–Crippen LogP) is 0.844. The summed E-state index contributed by atoms with van der Waals surface area (Å²) in [7, 11) is -3.57. The third kappa shape index (κ3) is 2.69. The van der Waals surface area contributed by atoms with E-state index in [2.05, 4.69) is 19.9 Å². The number of H-pyrrole nitrogens is 1. The molecule has 7 heteroatoms. The van der Waals surface area contributed by atoms with Gasteiger partial charge in [-0.15, -0.1) is 0 Å². The first-order valence-corrected chi connectivity index (χ1v) is 6.50. The normalized spacial score (nSPS) is 13.5. The summed E-state index contributed by atoms with van der Waals surface area (Å²) in [6.07, 6.45) is 3.01. The van der Waals surface area contributed by atoms with Crippen LogP contribution in [-0.4, -0.2) is 23.6 Å². The van der Waals surface area contributed by atoms with Gasteiger partial charge in [0.15, 0.2) is 5.03 Å². The van der Waals surface area contributed by atoms with Crippen molar-refractivity contribution in [2.75, 3.05) is 0 Å². The highest BCUT2D eigenvalue weighted by atomic mass is 32.2. The fourth-order valence-corrected chi connectivity index (χ4v) is 2.51. The van der Waals surface area contributed by atoms with Crippen molar-refractivity contribution in [1.82, 2.24) is 19.9 Å². The number of nitrogens with one attached hydrogen (secondary N) is 2. The molecule has 2 heterocycles. The minimum Gasteiger partial charge on any atom is -0.266 e. The summed E-state index contributed by atoms with van der Waals surface area (Å²) in [5.41, 5.74) is 0.663. The molecule has 6 nitrogen and oxygen atoms in total. The SMILES string of the molecule is CC(NS(=O)(=O)c1ccn[nH]1)c1ccccn1. The van der Waals surface area contributed by atoms with Crippen LogP contribution in [0, 0.1) is 0 Å². The van der Waals surface area contributed by atoms with Gasteiger partial charge in [-0.05, 0) is 25.1 Å². The Labute approximate surface area is 99.1 Å². The Morgan fingerprint density at radius 1 is 1.29 bits per heavy atom. The zero-order chi connectivity index (χ0) is 12.3. The Hall–Kier alpha value is -1.73. The van der Waals surface area contributed by atoms with E-state index in [-0.39, 0.29) is 5.03 Å². The van der Waals surface area contributed by atoms with E-state index in [1.807, 2.05) is 6.07 Å². The van der Waals surface area contributed by atoms with Gasteiger partial charge in [-0.25, -0.2) is 13.1 Å². The van der Waals surface area contributed by atoms with Crippen molar-refractivity contribution < 1.29 is 8.42 Å². The van der Waals surface area contributed by atoms with Gasteiger partial charge in [0.25, 0.3) is 10.0 Å². The van der Waals surface area contributed by atoms with Gasteiger partial charge < -0.3 is 0 Å². The number of hydrogen-bond donors (Lipinski definition) is 2. The average molecular weight is 252 g/mol. The molecule has 0 bridgehead atoms. The lowest BCUT2D eigenvalue weighted by molar-refractivity contribution is 0.560. The lowest BCUT2D eigenvalue weighted by Crippen LogP contribution is -2.27. The van der Waals surface area contributed by atoms with Crippen molar-refractivity contribution in [3.05, 3.63) is 42.4 Å². The highest BCUT2D eigenvalue weighted by Gasteiger charge is 2.19. The van der Waals surface area contributed by atoms with Crippen molar-refractivity contribution in [2.24, 2.45) is 0 Å². The van der Waals surface area contributed by atoms with E-state index in [1.165, 1.54) is 12.3 Å². The first-order valence-electron chi connectivity index (χ1n) is 5.02. The van der Waals surface area contributed by atoms with E-state index in [0.29, 0.717) is 5.69 Å². The molecule has 0 radical (unpaired) electrons. The van der Waals surface area contributed by atoms with Gasteiger partial charge in [0.05, 0.1) is 17.9 Å². The molecule has 0 amide bonds. The summed E-state index contributed by atoms with van der Waals surface area (Å²) in [6.45, 7) is 1.73. The second-order valence-corrected chi connectivity index (χ2v) is 5.20. The summed E-state index contributed by atoms with van der Waals surface area (Å²) in [6, 6.07) is 6.35. The quantitative estimate of drug-likeness (QED) is 0.844. The van der Waals surface area contributed by atoms with E-state index < -0.39 is 16.1 Å². The van der Waals surface area contributed by atoms with Crippen LogP contribution in [-0.2, 0) is 10.0 Å². The molecule has 0 saturated carbocycles. The molecule has 0 aliphatic carbocycles. The summed E-state index contributed by atoms with van der Waals surface area (Å²) in [5, 5.41) is 6.06. The van der Waals surface area contributed by atoms with Gasteiger partial charge in [-0.3, -0.25) is 10.1 Å². The van der Waals surface area contributed by atoms with Crippen LogP contribution in [0.4, 0.5) is 0 Å². The van der Waals surface area contributed by atoms with Crippen LogP contribution in [0.5, 0.6) is 0 Å². The molecule has 90 valence electrons. The third-order valence-corrected chi connectivity index (χ3v) is 3.70. The Kier molecular flexibility index (Phi) is 3.21. The minimum atomic E-state index is -3.57. The largest absolute Gasteiger partial charge is 0.266 e. The maximum Gasteiger partial charge on any atom is 0.258 e. The second kappa shape index (κ2) is 4.64. The van der Waals surface area contributed by atoms with Crippen LogP contribution >= 0.6 is 0 Å².